The van der Waals surface area contributed by atoms with Crippen molar-refractivity contribution >= 4 is 34.4 Å². The molecule has 0 aliphatic carbocycles. The van der Waals surface area contributed by atoms with Crippen LogP contribution < -0.4 is 15.0 Å². The van der Waals surface area contributed by atoms with E-state index in [9.17, 15) is 28.1 Å². The number of fused-ring (bicyclic) bond motifs is 1. The molecule has 1 aromatic heterocycles. The van der Waals surface area contributed by atoms with Crippen molar-refractivity contribution in [1.29, 1.82) is 0 Å². The molecule has 0 atom stereocenters. The molecule has 0 saturated heterocycles. The largest absolute Gasteiger partial charge is 0.493 e. The zero-order valence-corrected chi connectivity index (χ0v) is 23.0. The van der Waals surface area contributed by atoms with Crippen molar-refractivity contribution in [2.24, 2.45) is 5.10 Å². The van der Waals surface area contributed by atoms with Crippen LogP contribution in [0, 0.1) is 10.1 Å². The fraction of sp³-hybridized carbons (Fsp3) is 0.100. The first-order valence-corrected chi connectivity index (χ1v) is 12.9. The highest BCUT2D eigenvalue weighted by Gasteiger charge is 2.31. The van der Waals surface area contributed by atoms with Gasteiger partial charge in [0.15, 0.2) is 17.3 Å². The summed E-state index contributed by atoms with van der Waals surface area (Å²) in [6.45, 7) is -0.0101. The number of nitro groups is 1. The Balaban J connectivity index is 1.60. The maximum Gasteiger partial charge on any atom is 0.416 e. The van der Waals surface area contributed by atoms with E-state index in [0.29, 0.717) is 5.56 Å². The second-order valence-corrected chi connectivity index (χ2v) is 9.57. The maximum atomic E-state index is 13.5. The first-order chi connectivity index (χ1) is 20.5. The van der Waals surface area contributed by atoms with Crippen molar-refractivity contribution < 1.29 is 27.6 Å². The normalized spacial score (nSPS) is 11.7. The van der Waals surface area contributed by atoms with E-state index >= 15 is 0 Å². The highest BCUT2D eigenvalue weighted by molar-refractivity contribution is 6.31. The molecule has 218 valence electrons. The zero-order valence-electron chi connectivity index (χ0n) is 22.2. The van der Waals surface area contributed by atoms with Crippen molar-refractivity contribution in [2.75, 3.05) is 7.11 Å². The number of aromatic nitrogens is 2. The molecular formula is C30H20ClF3N4O5. The second kappa shape index (κ2) is 11.9. The Morgan fingerprint density at radius 3 is 2.49 bits per heavy atom. The molecule has 0 radical (unpaired) electrons. The lowest BCUT2D eigenvalue weighted by molar-refractivity contribution is -0.384. The standard InChI is InChI=1S/C30H20ClF3N4O5/c1-42-26-15-22(31)14-20(27(26)43-17-18-9-11-23(12-10-18)38(40)41)16-35-37-28(19-5-4-6-21(13-19)30(32,33)34)36-25-8-3-2-7-24(25)29(37)39/h2-16H,17H2,1H3. The summed E-state index contributed by atoms with van der Waals surface area (Å²) in [5, 5.41) is 15.7. The van der Waals surface area contributed by atoms with E-state index in [-0.39, 0.29) is 56.7 Å². The summed E-state index contributed by atoms with van der Waals surface area (Å²) in [7, 11) is 1.40. The molecule has 9 nitrogen and oxygen atoms in total. The van der Waals surface area contributed by atoms with Gasteiger partial charge in [-0.15, -0.1) is 0 Å². The average molecular weight is 609 g/mol. The number of nitrogens with zero attached hydrogens (tertiary/aromatic N) is 4. The molecule has 0 spiro atoms. The molecule has 0 unspecified atom stereocenters. The van der Waals surface area contributed by atoms with Crippen LogP contribution in [0.2, 0.25) is 5.02 Å². The van der Waals surface area contributed by atoms with E-state index in [0.717, 1.165) is 16.8 Å². The highest BCUT2D eigenvalue weighted by atomic mass is 35.5. The minimum absolute atomic E-state index is 0.0101. The Morgan fingerprint density at radius 1 is 1.05 bits per heavy atom. The van der Waals surface area contributed by atoms with Crippen LogP contribution >= 0.6 is 11.6 Å². The lowest BCUT2D eigenvalue weighted by Gasteiger charge is -2.15. The van der Waals surface area contributed by atoms with E-state index in [2.05, 4.69) is 10.1 Å². The molecule has 1 heterocycles. The summed E-state index contributed by atoms with van der Waals surface area (Å²) in [5.41, 5.74) is -0.405. The smallest absolute Gasteiger partial charge is 0.416 e. The number of hydrogen-bond acceptors (Lipinski definition) is 7. The predicted octanol–water partition coefficient (Wildman–Crippen LogP) is 7.11. The molecule has 5 aromatic rings. The molecule has 0 fully saturated rings. The van der Waals surface area contributed by atoms with Gasteiger partial charge in [0.2, 0.25) is 0 Å². The third kappa shape index (κ3) is 6.33. The van der Waals surface area contributed by atoms with E-state index in [1.165, 1.54) is 67.9 Å². The number of alkyl halides is 3. The van der Waals surface area contributed by atoms with E-state index in [1.807, 2.05) is 0 Å². The first kappa shape index (κ1) is 29.3. The zero-order chi connectivity index (χ0) is 30.7. The van der Waals surface area contributed by atoms with Crippen molar-refractivity contribution in [3.05, 3.63) is 127 Å². The van der Waals surface area contributed by atoms with Gasteiger partial charge in [0.25, 0.3) is 11.2 Å². The Bertz CT molecular complexity index is 1930. The van der Waals surface area contributed by atoms with Crippen LogP contribution in [0.5, 0.6) is 11.5 Å². The van der Waals surface area contributed by atoms with Gasteiger partial charge < -0.3 is 9.47 Å². The molecule has 43 heavy (non-hydrogen) atoms. The Morgan fingerprint density at radius 2 is 1.79 bits per heavy atom. The number of rotatable bonds is 8. The topological polar surface area (TPSA) is 109 Å². The van der Waals surface area contributed by atoms with Crippen LogP contribution in [-0.4, -0.2) is 27.9 Å². The van der Waals surface area contributed by atoms with E-state index in [1.54, 1.807) is 18.2 Å². The number of nitro benzene ring substituents is 1. The van der Waals surface area contributed by atoms with Gasteiger partial charge in [-0.3, -0.25) is 14.9 Å². The van der Waals surface area contributed by atoms with Gasteiger partial charge in [0.05, 0.1) is 34.7 Å². The molecule has 0 aliphatic heterocycles. The molecule has 0 aliphatic rings. The van der Waals surface area contributed by atoms with Crippen LogP contribution in [0.4, 0.5) is 18.9 Å². The number of ether oxygens (including phenoxy) is 2. The van der Waals surface area contributed by atoms with E-state index in [4.69, 9.17) is 21.1 Å². The van der Waals surface area contributed by atoms with Crippen LogP contribution in [0.3, 0.4) is 0 Å². The molecule has 4 aromatic carbocycles. The van der Waals surface area contributed by atoms with Gasteiger partial charge in [-0.25, -0.2) is 4.98 Å². The summed E-state index contributed by atoms with van der Waals surface area (Å²) in [6, 6.07) is 19.6. The summed E-state index contributed by atoms with van der Waals surface area (Å²) >= 11 is 6.29. The minimum Gasteiger partial charge on any atom is -0.493 e. The van der Waals surface area contributed by atoms with Gasteiger partial charge in [-0.05, 0) is 48.0 Å². The molecular weight excluding hydrogens is 589 g/mol. The van der Waals surface area contributed by atoms with Crippen molar-refractivity contribution in [2.45, 2.75) is 12.8 Å². The lowest BCUT2D eigenvalue weighted by atomic mass is 10.1. The summed E-state index contributed by atoms with van der Waals surface area (Å²) in [5.74, 6) is 0.308. The number of benzene rings is 4. The van der Waals surface area contributed by atoms with Crippen LogP contribution in [-0.2, 0) is 12.8 Å². The lowest BCUT2D eigenvalue weighted by Crippen LogP contribution is -2.20. The fourth-order valence-corrected chi connectivity index (χ4v) is 4.45. The summed E-state index contributed by atoms with van der Waals surface area (Å²) in [4.78, 5) is 28.5. The molecule has 0 amide bonds. The second-order valence-electron chi connectivity index (χ2n) is 9.13. The fourth-order valence-electron chi connectivity index (χ4n) is 4.23. The summed E-state index contributed by atoms with van der Waals surface area (Å²) in [6.07, 6.45) is -3.36. The van der Waals surface area contributed by atoms with Crippen molar-refractivity contribution in [1.82, 2.24) is 9.66 Å². The Hall–Kier alpha value is -5.23. The number of hydrogen-bond donors (Lipinski definition) is 0. The molecule has 13 heteroatoms. The number of methoxy groups -OCH3 is 1. The van der Waals surface area contributed by atoms with Crippen LogP contribution in [0.15, 0.2) is 94.8 Å². The monoisotopic (exact) mass is 608 g/mol. The predicted molar refractivity (Wildman–Crippen MR) is 155 cm³/mol. The molecule has 5 rings (SSSR count). The highest BCUT2D eigenvalue weighted by Crippen LogP contribution is 2.35. The van der Waals surface area contributed by atoms with Gasteiger partial charge >= 0.3 is 6.18 Å². The Kier molecular flexibility index (Phi) is 8.13. The Labute approximate surface area is 246 Å². The maximum absolute atomic E-state index is 13.5. The first-order valence-electron chi connectivity index (χ1n) is 12.5. The number of para-hydroxylation sites is 1. The van der Waals surface area contributed by atoms with Crippen LogP contribution in [0.25, 0.3) is 22.3 Å². The molecule has 0 saturated carbocycles. The van der Waals surface area contributed by atoms with Gasteiger partial charge in [0.1, 0.15) is 6.61 Å². The van der Waals surface area contributed by atoms with Gasteiger partial charge in [0, 0.05) is 34.3 Å². The number of non-ortho nitro benzene ring substituents is 1. The SMILES string of the molecule is COc1cc(Cl)cc(C=Nn2c(-c3cccc(C(F)(F)F)c3)nc3ccccc3c2=O)c1OCc1ccc([N+](=O)[O-])cc1. The number of halogens is 4. The van der Waals surface area contributed by atoms with Gasteiger partial charge in [-0.1, -0.05) is 35.9 Å². The summed E-state index contributed by atoms with van der Waals surface area (Å²) < 4.78 is 52.8. The van der Waals surface area contributed by atoms with Crippen LogP contribution in [0.1, 0.15) is 16.7 Å². The third-order valence-electron chi connectivity index (χ3n) is 6.31. The van der Waals surface area contributed by atoms with Crippen molar-refractivity contribution in [3.8, 4) is 22.9 Å². The van der Waals surface area contributed by atoms with E-state index < -0.39 is 22.2 Å². The molecule has 0 N–H and O–H groups in total. The molecule has 0 bridgehead atoms. The third-order valence-corrected chi connectivity index (χ3v) is 6.53. The minimum atomic E-state index is -4.62. The quantitative estimate of drug-likeness (QED) is 0.105. The van der Waals surface area contributed by atoms with Crippen molar-refractivity contribution in [3.63, 3.8) is 0 Å². The van der Waals surface area contributed by atoms with Gasteiger partial charge in [-0.2, -0.15) is 22.9 Å². The average Bonchev–Trinajstić information content (AvgIpc) is 2.99.